The molecule has 7 heteroatoms. The third-order valence-corrected chi connectivity index (χ3v) is 3.86. The van der Waals surface area contributed by atoms with Gasteiger partial charge in [-0.25, -0.2) is 4.79 Å². The minimum atomic E-state index is -0.541. The number of hydrogen-bond acceptors (Lipinski definition) is 6. The Kier molecular flexibility index (Phi) is 5.45. The lowest BCUT2D eigenvalue weighted by Crippen LogP contribution is -2.46. The van der Waals surface area contributed by atoms with Gasteiger partial charge in [-0.3, -0.25) is 10.3 Å². The highest BCUT2D eigenvalue weighted by Crippen LogP contribution is 2.23. The number of piperidine rings is 1. The van der Waals surface area contributed by atoms with Crippen LogP contribution >= 0.6 is 0 Å². The minimum absolute atomic E-state index is 0.0267. The van der Waals surface area contributed by atoms with Crippen molar-refractivity contribution in [2.45, 2.75) is 25.2 Å². The summed E-state index contributed by atoms with van der Waals surface area (Å²) in [6.07, 6.45) is 4.02. The second-order valence-corrected chi connectivity index (χ2v) is 5.65. The van der Waals surface area contributed by atoms with E-state index in [0.717, 1.165) is 22.9 Å². The van der Waals surface area contributed by atoms with Crippen molar-refractivity contribution < 1.29 is 19.4 Å². The van der Waals surface area contributed by atoms with Crippen molar-refractivity contribution in [3.63, 3.8) is 0 Å². The molecule has 7 nitrogen and oxygen atoms in total. The van der Waals surface area contributed by atoms with E-state index in [-0.39, 0.29) is 19.3 Å². The topological polar surface area (TPSA) is 92.7 Å². The Balaban J connectivity index is 1.57. The molecule has 1 aromatic heterocycles. The maximum Gasteiger partial charge on any atom is 0.408 e. The number of nitrogens with one attached hydrogen (secondary N) is 2. The predicted molar refractivity (Wildman–Crippen MR) is 88.8 cm³/mol. The Bertz CT molecular complexity index is 694. The van der Waals surface area contributed by atoms with E-state index in [1.54, 1.807) is 6.20 Å². The van der Waals surface area contributed by atoms with Gasteiger partial charge in [0, 0.05) is 37.3 Å². The van der Waals surface area contributed by atoms with Crippen molar-refractivity contribution in [3.05, 3.63) is 36.7 Å². The number of nitrogens with zero attached hydrogens (tertiary/aromatic N) is 1. The lowest BCUT2D eigenvalue weighted by molar-refractivity contribution is 0.0199. The molecule has 0 bridgehead atoms. The van der Waals surface area contributed by atoms with Gasteiger partial charge in [-0.2, -0.15) is 0 Å². The first-order valence-electron chi connectivity index (χ1n) is 8.04. The van der Waals surface area contributed by atoms with Crippen LogP contribution in [0.15, 0.2) is 36.7 Å². The molecule has 1 fully saturated rings. The summed E-state index contributed by atoms with van der Waals surface area (Å²) in [7, 11) is 0. The van der Waals surface area contributed by atoms with E-state index < -0.39 is 12.3 Å². The lowest BCUT2D eigenvalue weighted by Gasteiger charge is -2.30. The van der Waals surface area contributed by atoms with Gasteiger partial charge in [0.2, 0.25) is 0 Å². The average Bonchev–Trinajstić information content (AvgIpc) is 2.60. The van der Waals surface area contributed by atoms with Crippen LogP contribution in [0.1, 0.15) is 12.8 Å². The molecule has 3 N–H and O–H groups in total. The van der Waals surface area contributed by atoms with Gasteiger partial charge in [0.15, 0.2) is 6.23 Å². The molecular weight excluding hydrogens is 310 g/mol. The summed E-state index contributed by atoms with van der Waals surface area (Å²) < 4.78 is 11.3. The molecule has 2 heterocycles. The van der Waals surface area contributed by atoms with Crippen molar-refractivity contribution in [3.8, 4) is 5.75 Å². The number of amides is 1. The first kappa shape index (κ1) is 16.5. The molecule has 1 aliphatic rings. The number of pyridine rings is 1. The van der Waals surface area contributed by atoms with E-state index in [0.29, 0.717) is 13.0 Å². The number of fused-ring (bicyclic) bond motifs is 1. The quantitative estimate of drug-likeness (QED) is 0.767. The smallest absolute Gasteiger partial charge is 0.408 e. The van der Waals surface area contributed by atoms with E-state index in [2.05, 4.69) is 15.6 Å². The van der Waals surface area contributed by atoms with Gasteiger partial charge in [-0.1, -0.05) is 0 Å². The average molecular weight is 331 g/mol. The van der Waals surface area contributed by atoms with Crippen LogP contribution in [0.3, 0.4) is 0 Å². The van der Waals surface area contributed by atoms with Crippen LogP contribution in [0.2, 0.25) is 0 Å². The third-order valence-electron chi connectivity index (χ3n) is 3.86. The van der Waals surface area contributed by atoms with Gasteiger partial charge in [0.25, 0.3) is 0 Å². The maximum atomic E-state index is 11.6. The number of benzene rings is 1. The summed E-state index contributed by atoms with van der Waals surface area (Å²) >= 11 is 0. The van der Waals surface area contributed by atoms with Crippen molar-refractivity contribution in [2.75, 3.05) is 19.7 Å². The van der Waals surface area contributed by atoms with Crippen LogP contribution in [-0.2, 0) is 4.74 Å². The number of carbonyl (C=O) groups excluding carboxylic acids is 1. The molecule has 1 saturated heterocycles. The normalized spacial score (nSPS) is 20.5. The Morgan fingerprint density at radius 3 is 3.17 bits per heavy atom. The summed E-state index contributed by atoms with van der Waals surface area (Å²) in [5.41, 5.74) is 0. The first-order chi connectivity index (χ1) is 11.7. The van der Waals surface area contributed by atoms with Crippen molar-refractivity contribution in [1.82, 2.24) is 15.6 Å². The number of aromatic nitrogens is 1. The van der Waals surface area contributed by atoms with E-state index in [4.69, 9.17) is 14.6 Å². The summed E-state index contributed by atoms with van der Waals surface area (Å²) in [4.78, 5) is 15.6. The molecule has 1 aliphatic heterocycles. The number of carbonyl (C=O) groups is 1. The fourth-order valence-corrected chi connectivity index (χ4v) is 2.70. The first-order valence-corrected chi connectivity index (χ1v) is 8.04. The Labute approximate surface area is 140 Å². The number of aliphatic hydroxyl groups is 1. The van der Waals surface area contributed by atoms with Gasteiger partial charge >= 0.3 is 6.09 Å². The zero-order chi connectivity index (χ0) is 16.8. The molecule has 3 rings (SSSR count). The highest BCUT2D eigenvalue weighted by Gasteiger charge is 2.25. The van der Waals surface area contributed by atoms with E-state index in [1.165, 1.54) is 0 Å². The van der Waals surface area contributed by atoms with Gasteiger partial charge in [0.05, 0.1) is 6.61 Å². The number of aliphatic hydroxyl groups excluding tert-OH is 1. The predicted octanol–water partition coefficient (Wildman–Crippen LogP) is 1.41. The SMILES string of the molecule is O=C(NCCO)O[C@@H]1C[C@H](Oc2ccc3cnccc3c2)CCN1. The fraction of sp³-hybridized carbons (Fsp3) is 0.412. The Hall–Kier alpha value is -2.38. The van der Waals surface area contributed by atoms with Gasteiger partial charge < -0.3 is 19.9 Å². The number of rotatable bonds is 5. The summed E-state index contributed by atoms with van der Waals surface area (Å²) in [6, 6.07) is 7.84. The standard InChI is InChI=1S/C17H21N3O4/c21-8-7-20-17(22)24-16-10-15(4-6-19-16)23-14-2-1-13-11-18-5-3-12(13)9-14/h1-3,5,9,11,15-16,19,21H,4,6-8,10H2,(H,20,22)/t15-,16-/m1/s1. The Morgan fingerprint density at radius 1 is 1.38 bits per heavy atom. The molecule has 2 aromatic rings. The van der Waals surface area contributed by atoms with Crippen LogP contribution in [-0.4, -0.2) is 48.2 Å². The summed E-state index contributed by atoms with van der Waals surface area (Å²) in [5.74, 6) is 0.795. The zero-order valence-electron chi connectivity index (χ0n) is 13.3. The van der Waals surface area contributed by atoms with Gasteiger partial charge in [-0.15, -0.1) is 0 Å². The van der Waals surface area contributed by atoms with E-state index in [1.807, 2.05) is 30.5 Å². The monoisotopic (exact) mass is 331 g/mol. The van der Waals surface area contributed by atoms with Crippen molar-refractivity contribution >= 4 is 16.9 Å². The van der Waals surface area contributed by atoms with Gasteiger partial charge in [0.1, 0.15) is 11.9 Å². The van der Waals surface area contributed by atoms with Crippen molar-refractivity contribution in [1.29, 1.82) is 0 Å². The highest BCUT2D eigenvalue weighted by atomic mass is 16.6. The van der Waals surface area contributed by atoms with Crippen LogP contribution in [0, 0.1) is 0 Å². The second-order valence-electron chi connectivity index (χ2n) is 5.65. The second kappa shape index (κ2) is 7.94. The Morgan fingerprint density at radius 2 is 2.29 bits per heavy atom. The molecular formula is C17H21N3O4. The fourth-order valence-electron chi connectivity index (χ4n) is 2.70. The van der Waals surface area contributed by atoms with Crippen LogP contribution in [0.4, 0.5) is 4.79 Å². The van der Waals surface area contributed by atoms with Crippen molar-refractivity contribution in [2.24, 2.45) is 0 Å². The lowest BCUT2D eigenvalue weighted by atomic mass is 10.1. The van der Waals surface area contributed by atoms with Crippen LogP contribution in [0.5, 0.6) is 5.75 Å². The van der Waals surface area contributed by atoms with Crippen LogP contribution < -0.4 is 15.4 Å². The molecule has 0 unspecified atom stereocenters. The largest absolute Gasteiger partial charge is 0.490 e. The zero-order valence-corrected chi connectivity index (χ0v) is 13.3. The summed E-state index contributed by atoms with van der Waals surface area (Å²) in [6.45, 7) is 0.772. The molecule has 1 amide bonds. The number of ether oxygens (including phenoxy) is 2. The molecule has 2 atom stereocenters. The minimum Gasteiger partial charge on any atom is -0.490 e. The molecule has 0 saturated carbocycles. The molecule has 0 radical (unpaired) electrons. The molecule has 1 aromatic carbocycles. The van der Waals surface area contributed by atoms with Gasteiger partial charge in [-0.05, 0) is 36.1 Å². The molecule has 0 spiro atoms. The third kappa shape index (κ3) is 4.33. The number of hydrogen-bond donors (Lipinski definition) is 3. The molecule has 128 valence electrons. The van der Waals surface area contributed by atoms with E-state index >= 15 is 0 Å². The van der Waals surface area contributed by atoms with E-state index in [9.17, 15) is 4.79 Å². The highest BCUT2D eigenvalue weighted by molar-refractivity contribution is 5.82. The maximum absolute atomic E-state index is 11.6. The van der Waals surface area contributed by atoms with Crippen LogP contribution in [0.25, 0.3) is 10.8 Å². The number of alkyl carbamates (subject to hydrolysis) is 1. The molecule has 0 aliphatic carbocycles. The molecule has 24 heavy (non-hydrogen) atoms. The summed E-state index contributed by atoms with van der Waals surface area (Å²) in [5, 5.41) is 16.4.